The number of amides is 1. The van der Waals surface area contributed by atoms with Crippen molar-refractivity contribution >= 4 is 32.5 Å². The van der Waals surface area contributed by atoms with E-state index in [1.54, 1.807) is 4.90 Å². The number of sulfone groups is 1. The quantitative estimate of drug-likeness (QED) is 0.235. The number of aromatic nitrogens is 2. The Morgan fingerprint density at radius 3 is 2.60 bits per heavy atom. The van der Waals surface area contributed by atoms with Gasteiger partial charge in [0.1, 0.15) is 18.5 Å². The average Bonchev–Trinajstić information content (AvgIpc) is 3.02. The van der Waals surface area contributed by atoms with Gasteiger partial charge in [0, 0.05) is 37.9 Å². The van der Waals surface area contributed by atoms with Gasteiger partial charge in [0.25, 0.3) is 0 Å². The zero-order chi connectivity index (χ0) is 30.0. The first-order chi connectivity index (χ1) is 20.8. The number of ether oxygens (including phenoxy) is 2. The van der Waals surface area contributed by atoms with Gasteiger partial charge >= 0.3 is 6.09 Å². The minimum Gasteiger partial charge on any atom is -0.445 e. The number of anilines is 1. The first-order valence-corrected chi connectivity index (χ1v) is 16.0. The Labute approximate surface area is 250 Å². The molecule has 1 aromatic heterocycles. The lowest BCUT2D eigenvalue weighted by Crippen LogP contribution is -2.57. The van der Waals surface area contributed by atoms with Gasteiger partial charge in [-0.3, -0.25) is 4.90 Å². The Hall–Kier alpha value is -4.53. The number of fused-ring (bicyclic) bond motifs is 2. The summed E-state index contributed by atoms with van der Waals surface area (Å²) < 4.78 is 37.3. The second-order valence-corrected chi connectivity index (χ2v) is 12.7. The molecule has 0 spiro atoms. The molecular weight excluding hydrogens is 566 g/mol. The summed E-state index contributed by atoms with van der Waals surface area (Å²) in [6, 6.07) is 23.1. The van der Waals surface area contributed by atoms with E-state index >= 15 is 0 Å². The third-order valence-electron chi connectivity index (χ3n) is 7.88. The van der Waals surface area contributed by atoms with Crippen LogP contribution in [-0.4, -0.2) is 67.9 Å². The summed E-state index contributed by atoms with van der Waals surface area (Å²) in [7, 11) is -3.72. The molecule has 2 atom stereocenters. The van der Waals surface area contributed by atoms with E-state index in [1.165, 1.54) is 0 Å². The number of piperazine rings is 1. The van der Waals surface area contributed by atoms with Crippen molar-refractivity contribution in [2.24, 2.45) is 0 Å². The maximum absolute atomic E-state index is 13.0. The van der Waals surface area contributed by atoms with Gasteiger partial charge in [-0.2, -0.15) is 0 Å². The lowest BCUT2D eigenvalue weighted by Gasteiger charge is -2.40. The number of nitrogens with zero attached hydrogens (tertiary/aromatic N) is 5. The third kappa shape index (κ3) is 6.02. The Kier molecular flexibility index (Phi) is 7.97. The van der Waals surface area contributed by atoms with Crippen molar-refractivity contribution in [1.82, 2.24) is 14.9 Å². The maximum atomic E-state index is 13.0. The van der Waals surface area contributed by atoms with Crippen LogP contribution in [0.4, 0.5) is 10.6 Å². The molecule has 3 aromatic carbocycles. The minimum absolute atomic E-state index is 0.0722. The zero-order valence-electron chi connectivity index (χ0n) is 23.7. The van der Waals surface area contributed by atoms with Gasteiger partial charge in [-0.1, -0.05) is 72.8 Å². The Morgan fingerprint density at radius 2 is 1.81 bits per heavy atom. The molecule has 0 N–H and O–H groups in total. The summed E-state index contributed by atoms with van der Waals surface area (Å²) in [5.74, 6) is 0.467. The van der Waals surface area contributed by atoms with Crippen molar-refractivity contribution in [2.45, 2.75) is 36.9 Å². The Balaban J connectivity index is 1.27. The zero-order valence-corrected chi connectivity index (χ0v) is 24.5. The number of hydrogen-bond donors (Lipinski definition) is 0. The topological polar surface area (TPSA) is 106 Å². The van der Waals surface area contributed by atoms with Crippen LogP contribution in [0.2, 0.25) is 0 Å². The summed E-state index contributed by atoms with van der Waals surface area (Å²) in [5, 5.41) is 1.93. The van der Waals surface area contributed by atoms with E-state index in [-0.39, 0.29) is 31.0 Å². The van der Waals surface area contributed by atoms with E-state index in [4.69, 9.17) is 16.0 Å². The molecule has 0 radical (unpaired) electrons. The van der Waals surface area contributed by atoms with Crippen LogP contribution in [0.5, 0.6) is 0 Å². The summed E-state index contributed by atoms with van der Waals surface area (Å²) in [5.41, 5.74) is 3.25. The predicted molar refractivity (Wildman–Crippen MR) is 161 cm³/mol. The lowest BCUT2D eigenvalue weighted by atomic mass is 9.94. The highest BCUT2D eigenvalue weighted by Crippen LogP contribution is 2.37. The fourth-order valence-corrected chi connectivity index (χ4v) is 6.27. The van der Waals surface area contributed by atoms with Gasteiger partial charge in [0.2, 0.25) is 21.5 Å². The minimum atomic E-state index is -3.72. The van der Waals surface area contributed by atoms with Crippen molar-refractivity contribution < 1.29 is 22.7 Å². The average molecular weight is 598 g/mol. The van der Waals surface area contributed by atoms with Crippen LogP contribution >= 0.6 is 0 Å². The van der Waals surface area contributed by atoms with E-state index in [0.29, 0.717) is 37.6 Å². The van der Waals surface area contributed by atoms with Crippen LogP contribution in [0.25, 0.3) is 15.6 Å². The number of rotatable bonds is 6. The summed E-state index contributed by atoms with van der Waals surface area (Å²) in [6.07, 6.45) is 0.695. The monoisotopic (exact) mass is 597 g/mol. The lowest BCUT2D eigenvalue weighted by molar-refractivity contribution is 0.0264. The molecule has 11 heteroatoms. The fraction of sp³-hybridized carbons (Fsp3) is 0.312. The molecule has 10 nitrogen and oxygen atoms in total. The van der Waals surface area contributed by atoms with Crippen LogP contribution in [0.1, 0.15) is 28.5 Å². The van der Waals surface area contributed by atoms with Crippen molar-refractivity contribution in [3.8, 4) is 0 Å². The van der Waals surface area contributed by atoms with Gasteiger partial charge in [0.15, 0.2) is 0 Å². The second-order valence-electron chi connectivity index (χ2n) is 10.8. The van der Waals surface area contributed by atoms with Crippen LogP contribution in [0, 0.1) is 6.57 Å². The van der Waals surface area contributed by atoms with Crippen LogP contribution in [-0.2, 0) is 38.9 Å². The molecule has 0 bridgehead atoms. The first kappa shape index (κ1) is 28.6. The summed E-state index contributed by atoms with van der Waals surface area (Å²) >= 11 is 0. The molecule has 0 aliphatic carbocycles. The van der Waals surface area contributed by atoms with Gasteiger partial charge in [0.05, 0.1) is 18.4 Å². The normalized spacial score (nSPS) is 18.6. The first-order valence-electron chi connectivity index (χ1n) is 14.1. The highest BCUT2D eigenvalue weighted by Gasteiger charge is 2.37. The molecule has 6 rings (SSSR count). The van der Waals surface area contributed by atoms with Crippen molar-refractivity contribution in [3.05, 3.63) is 107 Å². The van der Waals surface area contributed by atoms with Crippen molar-refractivity contribution in [3.63, 3.8) is 0 Å². The van der Waals surface area contributed by atoms with E-state index < -0.39 is 22.0 Å². The highest BCUT2D eigenvalue weighted by atomic mass is 32.2. The molecule has 1 fully saturated rings. The molecule has 2 aliphatic heterocycles. The number of hydrogen-bond acceptors (Lipinski definition) is 8. The Bertz CT molecular complexity index is 1800. The largest absolute Gasteiger partial charge is 0.445 e. The molecule has 1 saturated heterocycles. The third-order valence-corrected chi connectivity index (χ3v) is 8.73. The highest BCUT2D eigenvalue weighted by molar-refractivity contribution is 7.90. The molecule has 4 aromatic rings. The summed E-state index contributed by atoms with van der Waals surface area (Å²) in [4.78, 5) is 29.1. The molecular formula is C32H31N5O5S. The standard InChI is InChI=1S/C32H31N5O5S/c1-33-18-24-19-36(15-16-37(24)32(38)42-20-22-9-4-3-5-10-22)30-27-21-41-29(17-28(27)34-31(35-30)43(2,39)40)26-14-8-12-23-11-6-7-13-25(23)26/h3-14,24,29H,15-21H2,2H3/t24-,29?/m0/s1. The molecule has 1 unspecified atom stereocenters. The maximum Gasteiger partial charge on any atom is 0.410 e. The molecule has 0 saturated carbocycles. The predicted octanol–water partition coefficient (Wildman–Crippen LogP) is 4.59. The van der Waals surface area contributed by atoms with Gasteiger partial charge in [-0.25, -0.2) is 29.8 Å². The Morgan fingerprint density at radius 1 is 1.05 bits per heavy atom. The summed E-state index contributed by atoms with van der Waals surface area (Å²) in [6.45, 7) is 8.89. The molecule has 43 heavy (non-hydrogen) atoms. The van der Waals surface area contributed by atoms with E-state index in [1.807, 2.05) is 71.6 Å². The molecule has 3 heterocycles. The van der Waals surface area contributed by atoms with Crippen LogP contribution in [0.15, 0.2) is 78.0 Å². The molecule has 2 aliphatic rings. The van der Waals surface area contributed by atoms with Crippen LogP contribution in [0.3, 0.4) is 0 Å². The number of benzene rings is 3. The van der Waals surface area contributed by atoms with E-state index in [0.717, 1.165) is 33.7 Å². The van der Waals surface area contributed by atoms with Crippen LogP contribution < -0.4 is 4.90 Å². The number of carbonyl (C=O) groups is 1. The molecule has 1 amide bonds. The van der Waals surface area contributed by atoms with Gasteiger partial charge in [-0.05, 0) is 21.9 Å². The van der Waals surface area contributed by atoms with Crippen molar-refractivity contribution in [2.75, 3.05) is 37.3 Å². The van der Waals surface area contributed by atoms with E-state index in [2.05, 4.69) is 20.9 Å². The van der Waals surface area contributed by atoms with Gasteiger partial charge < -0.3 is 19.2 Å². The SMILES string of the molecule is [C-]#[N+]C[C@H]1CN(c2nc(S(C)(=O)=O)nc3c2COC(c2cccc4ccccc24)C3)CCN1C(=O)OCc1ccccc1. The van der Waals surface area contributed by atoms with Crippen molar-refractivity contribution in [1.29, 1.82) is 0 Å². The van der Waals surface area contributed by atoms with Gasteiger partial charge in [-0.15, -0.1) is 0 Å². The fourth-order valence-electron chi connectivity index (χ4n) is 5.74. The second kappa shape index (κ2) is 12.0. The molecule has 220 valence electrons. The number of carbonyl (C=O) groups excluding carboxylic acids is 1. The van der Waals surface area contributed by atoms with E-state index in [9.17, 15) is 13.2 Å². The smallest absolute Gasteiger partial charge is 0.410 e.